The van der Waals surface area contributed by atoms with Crippen LogP contribution in [0.1, 0.15) is 40.5 Å². The molecule has 0 heterocycles. The van der Waals surface area contributed by atoms with Crippen molar-refractivity contribution in [3.05, 3.63) is 0 Å². The van der Waals surface area contributed by atoms with E-state index in [1.165, 1.54) is 0 Å². The van der Waals surface area contributed by atoms with E-state index in [0.717, 1.165) is 12.2 Å². The van der Waals surface area contributed by atoms with Crippen LogP contribution in [0.4, 0.5) is 0 Å². The highest BCUT2D eigenvalue weighted by atomic mass is 32.2. The number of carbonyl (C=O) groups excluding carboxylic acids is 1. The fraction of sp³-hybridized carbons (Fsp3) is 0.909. The number of rotatable bonds is 7. The molecule has 0 fully saturated rings. The summed E-state index contributed by atoms with van der Waals surface area (Å²) in [6.45, 7) is 8.27. The van der Waals surface area contributed by atoms with Crippen LogP contribution >= 0.6 is 11.8 Å². The van der Waals surface area contributed by atoms with Gasteiger partial charge in [-0.25, -0.2) is 0 Å². The molecule has 0 saturated heterocycles. The first-order valence-electron chi connectivity index (χ1n) is 5.51. The Morgan fingerprint density at radius 1 is 1.53 bits per heavy atom. The Morgan fingerprint density at radius 3 is 2.60 bits per heavy atom. The number of ether oxygens (including phenoxy) is 1. The first kappa shape index (κ1) is 14.8. The summed E-state index contributed by atoms with van der Waals surface area (Å²) in [5.74, 6) is 0.607. The molecule has 15 heavy (non-hydrogen) atoms. The zero-order valence-corrected chi connectivity index (χ0v) is 11.0. The van der Waals surface area contributed by atoms with Gasteiger partial charge in [-0.3, -0.25) is 4.79 Å². The largest absolute Gasteiger partial charge is 0.465 e. The van der Waals surface area contributed by atoms with E-state index in [1.54, 1.807) is 13.8 Å². The van der Waals surface area contributed by atoms with Crippen LogP contribution in [0.5, 0.6) is 0 Å². The van der Waals surface area contributed by atoms with Crippen molar-refractivity contribution in [3.63, 3.8) is 0 Å². The van der Waals surface area contributed by atoms with Crippen LogP contribution in [0.2, 0.25) is 0 Å². The van der Waals surface area contributed by atoms with Crippen molar-refractivity contribution in [3.8, 4) is 0 Å². The fourth-order valence-corrected chi connectivity index (χ4v) is 2.17. The van der Waals surface area contributed by atoms with E-state index in [2.05, 4.69) is 13.8 Å². The summed E-state index contributed by atoms with van der Waals surface area (Å²) in [7, 11) is 0. The lowest BCUT2D eigenvalue weighted by Crippen LogP contribution is -2.46. The summed E-state index contributed by atoms with van der Waals surface area (Å²) in [5, 5.41) is 0.628. The van der Waals surface area contributed by atoms with Gasteiger partial charge in [-0.1, -0.05) is 13.8 Å². The van der Waals surface area contributed by atoms with Crippen molar-refractivity contribution in [2.75, 3.05) is 12.4 Å². The molecule has 0 amide bonds. The van der Waals surface area contributed by atoms with Gasteiger partial charge in [0.15, 0.2) is 0 Å². The monoisotopic (exact) mass is 233 g/mol. The zero-order chi connectivity index (χ0) is 11.9. The summed E-state index contributed by atoms with van der Waals surface area (Å²) in [4.78, 5) is 11.5. The lowest BCUT2D eigenvalue weighted by molar-refractivity contribution is -0.149. The molecule has 0 aliphatic rings. The third-order valence-electron chi connectivity index (χ3n) is 2.34. The lowest BCUT2D eigenvalue weighted by Gasteiger charge is -2.22. The molecule has 0 bridgehead atoms. The van der Waals surface area contributed by atoms with Crippen molar-refractivity contribution < 1.29 is 9.53 Å². The number of hydrogen-bond acceptors (Lipinski definition) is 4. The van der Waals surface area contributed by atoms with E-state index < -0.39 is 5.54 Å². The first-order valence-corrected chi connectivity index (χ1v) is 6.56. The van der Waals surface area contributed by atoms with Gasteiger partial charge in [0.2, 0.25) is 0 Å². The van der Waals surface area contributed by atoms with Crippen LogP contribution in [0.15, 0.2) is 0 Å². The minimum atomic E-state index is -0.837. The Balaban J connectivity index is 3.87. The van der Waals surface area contributed by atoms with Gasteiger partial charge in [-0.15, -0.1) is 0 Å². The van der Waals surface area contributed by atoms with Crippen LogP contribution < -0.4 is 5.73 Å². The van der Waals surface area contributed by atoms with E-state index in [1.807, 2.05) is 11.8 Å². The van der Waals surface area contributed by atoms with Crippen molar-refractivity contribution in [1.82, 2.24) is 0 Å². The number of hydrogen-bond donors (Lipinski definition) is 1. The normalized spacial score (nSPS) is 16.9. The maximum Gasteiger partial charge on any atom is 0.325 e. The maximum absolute atomic E-state index is 11.5. The quantitative estimate of drug-likeness (QED) is 0.685. The number of nitrogens with two attached hydrogens (primary N) is 1. The smallest absolute Gasteiger partial charge is 0.325 e. The molecule has 0 aliphatic heterocycles. The molecule has 2 N–H and O–H groups in total. The van der Waals surface area contributed by atoms with Crippen LogP contribution in [-0.4, -0.2) is 29.1 Å². The molecule has 0 aromatic carbocycles. The van der Waals surface area contributed by atoms with Gasteiger partial charge in [-0.2, -0.15) is 11.8 Å². The summed E-state index contributed by atoms with van der Waals surface area (Å²) >= 11 is 1.85. The summed E-state index contributed by atoms with van der Waals surface area (Å²) in [5.41, 5.74) is 5.05. The second kappa shape index (κ2) is 7.12. The lowest BCUT2D eigenvalue weighted by atomic mass is 10.0. The van der Waals surface area contributed by atoms with Gasteiger partial charge in [0, 0.05) is 5.25 Å². The third kappa shape index (κ3) is 6.05. The van der Waals surface area contributed by atoms with E-state index in [0.29, 0.717) is 18.3 Å². The fourth-order valence-electron chi connectivity index (χ4n) is 0.988. The average molecular weight is 233 g/mol. The molecule has 0 aliphatic carbocycles. The number of thioether (sulfide) groups is 1. The molecule has 3 nitrogen and oxygen atoms in total. The Morgan fingerprint density at radius 2 is 2.13 bits per heavy atom. The summed E-state index contributed by atoms with van der Waals surface area (Å²) in [6, 6.07) is 0. The summed E-state index contributed by atoms with van der Waals surface area (Å²) < 4.78 is 4.92. The highest BCUT2D eigenvalue weighted by molar-refractivity contribution is 7.99. The SMILES string of the molecule is CCOC(=O)C(C)(N)CCSC(C)CC. The minimum absolute atomic E-state index is 0.297. The molecule has 0 radical (unpaired) electrons. The van der Waals surface area contributed by atoms with Crippen molar-refractivity contribution in [2.24, 2.45) is 5.73 Å². The topological polar surface area (TPSA) is 52.3 Å². The highest BCUT2D eigenvalue weighted by Crippen LogP contribution is 2.18. The number of esters is 1. The van der Waals surface area contributed by atoms with Gasteiger partial charge in [0.05, 0.1) is 6.61 Å². The van der Waals surface area contributed by atoms with Gasteiger partial charge in [0.1, 0.15) is 5.54 Å². The van der Waals surface area contributed by atoms with Gasteiger partial charge >= 0.3 is 5.97 Å². The van der Waals surface area contributed by atoms with E-state index in [4.69, 9.17) is 10.5 Å². The Labute approximate surface area is 97.1 Å². The third-order valence-corrected chi connectivity index (χ3v) is 3.68. The van der Waals surface area contributed by atoms with E-state index >= 15 is 0 Å². The molecular weight excluding hydrogens is 210 g/mol. The van der Waals surface area contributed by atoms with Crippen molar-refractivity contribution in [2.45, 2.75) is 51.3 Å². The van der Waals surface area contributed by atoms with Gasteiger partial charge < -0.3 is 10.5 Å². The second-order valence-electron chi connectivity index (χ2n) is 3.98. The second-order valence-corrected chi connectivity index (χ2v) is 5.52. The highest BCUT2D eigenvalue weighted by Gasteiger charge is 2.29. The Hall–Kier alpha value is -0.220. The standard InChI is InChI=1S/C11H23NO2S/c1-5-9(3)15-8-7-11(4,12)10(13)14-6-2/h9H,5-8,12H2,1-4H3. The van der Waals surface area contributed by atoms with Crippen LogP contribution in [0.3, 0.4) is 0 Å². The van der Waals surface area contributed by atoms with Crippen molar-refractivity contribution in [1.29, 1.82) is 0 Å². The molecule has 0 aromatic rings. The van der Waals surface area contributed by atoms with E-state index in [9.17, 15) is 4.79 Å². The molecule has 0 spiro atoms. The zero-order valence-electron chi connectivity index (χ0n) is 10.2. The van der Waals surface area contributed by atoms with E-state index in [-0.39, 0.29) is 5.97 Å². The predicted octanol–water partition coefficient (Wildman–Crippen LogP) is 2.19. The molecule has 0 aromatic heterocycles. The van der Waals surface area contributed by atoms with Crippen molar-refractivity contribution >= 4 is 17.7 Å². The Bertz CT molecular complexity index is 195. The molecular formula is C11H23NO2S. The molecule has 4 heteroatoms. The molecule has 0 rings (SSSR count). The molecule has 90 valence electrons. The molecule has 2 atom stereocenters. The number of carbonyl (C=O) groups is 1. The average Bonchev–Trinajstić information content (AvgIpc) is 2.17. The predicted molar refractivity (Wildman–Crippen MR) is 66.1 cm³/mol. The molecule has 0 saturated carbocycles. The maximum atomic E-state index is 11.5. The minimum Gasteiger partial charge on any atom is -0.465 e. The van der Waals surface area contributed by atoms with Gasteiger partial charge in [-0.05, 0) is 32.4 Å². The van der Waals surface area contributed by atoms with Crippen LogP contribution in [0.25, 0.3) is 0 Å². The van der Waals surface area contributed by atoms with Crippen LogP contribution in [-0.2, 0) is 9.53 Å². The van der Waals surface area contributed by atoms with Gasteiger partial charge in [0.25, 0.3) is 0 Å². The van der Waals surface area contributed by atoms with Crippen LogP contribution in [0, 0.1) is 0 Å². The first-order chi connectivity index (χ1) is 6.94. The summed E-state index contributed by atoms with van der Waals surface area (Å²) in [6.07, 6.45) is 1.81. The molecule has 2 unspecified atom stereocenters. The Kier molecular flexibility index (Phi) is 7.02.